The highest BCUT2D eigenvalue weighted by Crippen LogP contribution is 2.40. The van der Waals surface area contributed by atoms with Gasteiger partial charge in [0.05, 0.1) is 0 Å². The molecule has 31 heavy (non-hydrogen) atoms. The molecule has 1 saturated carbocycles. The van der Waals surface area contributed by atoms with E-state index >= 15 is 0 Å². The average Bonchev–Trinajstić information content (AvgIpc) is 3.45. The van der Waals surface area contributed by atoms with Crippen molar-refractivity contribution >= 4 is 62.0 Å². The summed E-state index contributed by atoms with van der Waals surface area (Å²) in [6.07, 6.45) is -2.31. The molecule has 2 rings (SSSR count). The molecule has 1 heterocycles. The van der Waals surface area contributed by atoms with Crippen molar-refractivity contribution in [1.29, 1.82) is 0 Å². The van der Waals surface area contributed by atoms with Crippen LogP contribution in [0.25, 0.3) is 0 Å². The van der Waals surface area contributed by atoms with E-state index in [9.17, 15) is 19.2 Å². The van der Waals surface area contributed by atoms with E-state index in [0.29, 0.717) is 10.4 Å². The topological polar surface area (TPSA) is 126 Å². The van der Waals surface area contributed by atoms with Gasteiger partial charge in [-0.2, -0.15) is 0 Å². The van der Waals surface area contributed by atoms with E-state index in [1.165, 1.54) is 38.5 Å². The number of hydrogen-bond acceptors (Lipinski definition) is 12. The first-order chi connectivity index (χ1) is 14.6. The average molecular weight is 496 g/mol. The summed E-state index contributed by atoms with van der Waals surface area (Å²) in [5, 5.41) is 3.16. The van der Waals surface area contributed by atoms with Gasteiger partial charge in [-0.05, 0) is 23.6 Å². The first-order valence-corrected chi connectivity index (χ1v) is 12.1. The van der Waals surface area contributed by atoms with Crippen LogP contribution in [0.5, 0.6) is 0 Å². The highest BCUT2D eigenvalue weighted by Gasteiger charge is 2.52. The van der Waals surface area contributed by atoms with Crippen LogP contribution < -0.4 is 5.32 Å². The standard InChI is InChI=1S/C18H25NO9S3/c1-8(20)24-7-13-14(25-9(2)21)15(26-10(3)22)16(27-11(4)23)17(28-13)30-31-18(29)19-12-5-6-12/h12-17H,5-7H2,1-4H3,(H,19,29)/t13?,14-,15?,16?,17+/m1/s1. The highest BCUT2D eigenvalue weighted by molar-refractivity contribution is 8.83. The smallest absolute Gasteiger partial charge is 0.303 e. The van der Waals surface area contributed by atoms with E-state index < -0.39 is 53.7 Å². The Bertz CT molecular complexity index is 715. The Morgan fingerprint density at radius 1 is 0.903 bits per heavy atom. The van der Waals surface area contributed by atoms with Gasteiger partial charge in [0, 0.05) is 33.7 Å². The first kappa shape index (κ1) is 25.7. The maximum absolute atomic E-state index is 11.8. The Morgan fingerprint density at radius 2 is 1.45 bits per heavy atom. The molecule has 0 radical (unpaired) electrons. The second-order valence-corrected chi connectivity index (χ2v) is 9.93. The molecular weight excluding hydrogens is 470 g/mol. The van der Waals surface area contributed by atoms with Crippen molar-refractivity contribution in [2.75, 3.05) is 6.61 Å². The van der Waals surface area contributed by atoms with E-state index in [-0.39, 0.29) is 6.61 Å². The van der Waals surface area contributed by atoms with E-state index in [4.69, 9.17) is 35.9 Å². The molecule has 1 N–H and O–H groups in total. The lowest BCUT2D eigenvalue weighted by Gasteiger charge is -2.43. The molecule has 0 aromatic carbocycles. The lowest BCUT2D eigenvalue weighted by molar-refractivity contribution is -0.237. The Labute approximate surface area is 193 Å². The van der Waals surface area contributed by atoms with Gasteiger partial charge in [0.1, 0.15) is 17.0 Å². The Kier molecular flexibility index (Phi) is 9.85. The third-order valence-electron chi connectivity index (χ3n) is 4.07. The summed E-state index contributed by atoms with van der Waals surface area (Å²) in [4.78, 5) is 46.5. The van der Waals surface area contributed by atoms with Crippen molar-refractivity contribution < 1.29 is 42.9 Å². The van der Waals surface area contributed by atoms with Crippen LogP contribution in [0.15, 0.2) is 0 Å². The summed E-state index contributed by atoms with van der Waals surface area (Å²) >= 11 is 5.30. The van der Waals surface area contributed by atoms with Crippen LogP contribution in [0.4, 0.5) is 0 Å². The van der Waals surface area contributed by atoms with Crippen LogP contribution in [-0.2, 0) is 42.9 Å². The summed E-state index contributed by atoms with van der Waals surface area (Å²) in [5.41, 5.74) is -0.857. The predicted octanol–water partition coefficient (Wildman–Crippen LogP) is 1.49. The van der Waals surface area contributed by atoms with Crippen LogP contribution in [0, 0.1) is 0 Å². The predicted molar refractivity (Wildman–Crippen MR) is 116 cm³/mol. The van der Waals surface area contributed by atoms with Gasteiger partial charge >= 0.3 is 23.9 Å². The molecule has 0 amide bonds. The SMILES string of the molecule is CC(=O)OCC1O[C@@H](SSC(=S)NC2CC2)C(OC(C)=O)C(OC(C)=O)[C@@H]1OC(C)=O. The molecule has 0 bridgehead atoms. The molecule has 0 spiro atoms. The van der Waals surface area contributed by atoms with E-state index in [2.05, 4.69) is 5.32 Å². The molecule has 0 aromatic rings. The summed E-state index contributed by atoms with van der Waals surface area (Å²) < 4.78 is 27.6. The number of hydrogen-bond donors (Lipinski definition) is 1. The number of thiocarbonyl (C=S) groups is 1. The van der Waals surface area contributed by atoms with Gasteiger partial charge in [-0.3, -0.25) is 19.2 Å². The molecule has 10 nitrogen and oxygen atoms in total. The van der Waals surface area contributed by atoms with Crippen molar-refractivity contribution in [3.05, 3.63) is 0 Å². The van der Waals surface area contributed by atoms with Gasteiger partial charge in [-0.15, -0.1) is 0 Å². The lowest BCUT2D eigenvalue weighted by atomic mass is 9.99. The van der Waals surface area contributed by atoms with Crippen molar-refractivity contribution in [3.8, 4) is 0 Å². The molecule has 174 valence electrons. The molecule has 13 heteroatoms. The molecule has 2 aliphatic rings. The molecule has 3 unspecified atom stereocenters. The van der Waals surface area contributed by atoms with E-state index in [1.807, 2.05) is 0 Å². The second kappa shape index (κ2) is 11.9. The minimum absolute atomic E-state index is 0.260. The Balaban J connectivity index is 2.26. The molecule has 1 aliphatic heterocycles. The molecule has 1 saturated heterocycles. The van der Waals surface area contributed by atoms with Crippen molar-refractivity contribution in [3.63, 3.8) is 0 Å². The maximum Gasteiger partial charge on any atom is 0.303 e. The van der Waals surface area contributed by atoms with Crippen LogP contribution in [-0.4, -0.2) is 70.7 Å². The monoisotopic (exact) mass is 495 g/mol. The van der Waals surface area contributed by atoms with Gasteiger partial charge in [0.2, 0.25) is 0 Å². The van der Waals surface area contributed by atoms with Crippen LogP contribution in [0.3, 0.4) is 0 Å². The van der Waals surface area contributed by atoms with Gasteiger partial charge in [-0.1, -0.05) is 23.0 Å². The number of rotatable bonds is 8. The fourth-order valence-corrected chi connectivity index (χ4v) is 5.36. The minimum Gasteiger partial charge on any atom is -0.463 e. The first-order valence-electron chi connectivity index (χ1n) is 9.51. The fraction of sp³-hybridized carbons (Fsp3) is 0.722. The van der Waals surface area contributed by atoms with Gasteiger partial charge < -0.3 is 29.0 Å². The third kappa shape index (κ3) is 8.83. The zero-order valence-corrected chi connectivity index (χ0v) is 19.9. The maximum atomic E-state index is 11.8. The van der Waals surface area contributed by atoms with Crippen molar-refractivity contribution in [2.24, 2.45) is 0 Å². The number of carbonyl (C=O) groups excluding carboxylic acids is 4. The number of esters is 4. The van der Waals surface area contributed by atoms with Crippen LogP contribution in [0.2, 0.25) is 0 Å². The molecule has 2 fully saturated rings. The Morgan fingerprint density at radius 3 is 1.97 bits per heavy atom. The highest BCUT2D eigenvalue weighted by atomic mass is 33.1. The van der Waals surface area contributed by atoms with Gasteiger partial charge in [-0.25, -0.2) is 0 Å². The normalized spacial score (nSPS) is 27.5. The molecule has 5 atom stereocenters. The zero-order chi connectivity index (χ0) is 23.1. The largest absolute Gasteiger partial charge is 0.463 e. The number of carbonyl (C=O) groups is 4. The van der Waals surface area contributed by atoms with E-state index in [1.54, 1.807) is 0 Å². The summed E-state index contributed by atoms with van der Waals surface area (Å²) in [6.45, 7) is 4.51. The minimum atomic E-state index is -1.18. The quantitative estimate of drug-likeness (QED) is 0.226. The van der Waals surface area contributed by atoms with Gasteiger partial charge in [0.25, 0.3) is 0 Å². The molecule has 1 aliphatic carbocycles. The van der Waals surface area contributed by atoms with E-state index in [0.717, 1.165) is 23.6 Å². The van der Waals surface area contributed by atoms with Crippen molar-refractivity contribution in [1.82, 2.24) is 5.32 Å². The molecule has 0 aromatic heterocycles. The summed E-state index contributed by atoms with van der Waals surface area (Å²) in [6, 6.07) is 0.357. The second-order valence-electron chi connectivity index (χ2n) is 6.95. The van der Waals surface area contributed by atoms with Gasteiger partial charge in [0.15, 0.2) is 23.7 Å². The fourth-order valence-electron chi connectivity index (χ4n) is 2.78. The van der Waals surface area contributed by atoms with Crippen LogP contribution in [0.1, 0.15) is 40.5 Å². The van der Waals surface area contributed by atoms with Crippen LogP contribution >= 0.6 is 33.8 Å². The lowest BCUT2D eigenvalue weighted by Crippen LogP contribution is -2.61. The summed E-state index contributed by atoms with van der Waals surface area (Å²) in [7, 11) is 2.37. The third-order valence-corrected chi connectivity index (χ3v) is 7.04. The molecular formula is C18H25NO9S3. The number of nitrogens with one attached hydrogen (secondary N) is 1. The zero-order valence-electron chi connectivity index (χ0n) is 17.5. The number of ether oxygens (including phenoxy) is 5. The summed E-state index contributed by atoms with van der Waals surface area (Å²) in [5.74, 6) is -2.55. The Hall–Kier alpha value is -1.57. The van der Waals surface area contributed by atoms with Crippen molar-refractivity contribution in [2.45, 2.75) is 76.4 Å².